The number of nitrogens with two attached hydrogens (primary N) is 4. The third kappa shape index (κ3) is 5.45. The molecule has 0 spiro atoms. The number of hydrogen-bond donors (Lipinski definition) is 4. The van der Waals surface area contributed by atoms with E-state index in [1.54, 1.807) is 0 Å². The summed E-state index contributed by atoms with van der Waals surface area (Å²) in [6, 6.07) is 8.24. The largest absolute Gasteiger partial charge is 0.467 e. The number of ether oxygens (including phenoxy) is 1. The molecule has 38 heavy (non-hydrogen) atoms. The first-order valence-corrected chi connectivity index (χ1v) is 10.7. The molecule has 0 bridgehead atoms. The van der Waals surface area contributed by atoms with Crippen LogP contribution in [0.4, 0.5) is 40.8 Å². The minimum Gasteiger partial charge on any atom is -0.467 e. The van der Waals surface area contributed by atoms with Crippen LogP contribution in [0.15, 0.2) is 42.5 Å². The summed E-state index contributed by atoms with van der Waals surface area (Å²) in [6.45, 7) is 0. The standard InChI is InChI=1S/C18H12F4N6.C5H8N4O/c19-8-1-4-14-10(5-8)13(6-9-11(20)2-3-12(21)17(9)22)27-28(14)18-25-15(23)7-16(24)26-18;1-10-5-8-3(6)2-4(7)9-5/h1-5,7H,6H2,(H4,23,24,25,26);2H,1H3,(H4,6,7,8,9). The molecule has 0 unspecified atom stereocenters. The average molecular weight is 528 g/mol. The Labute approximate surface area is 212 Å². The first-order valence-electron chi connectivity index (χ1n) is 10.7. The van der Waals surface area contributed by atoms with Crippen LogP contribution in [0.2, 0.25) is 0 Å². The molecule has 5 aromatic rings. The molecular formula is C23H20F4N10O. The highest BCUT2D eigenvalue weighted by Gasteiger charge is 2.20. The molecule has 0 aliphatic heterocycles. The van der Waals surface area contributed by atoms with E-state index in [0.717, 1.165) is 12.1 Å². The summed E-state index contributed by atoms with van der Waals surface area (Å²) in [6.07, 6.45) is -0.416. The number of nitrogens with zero attached hydrogens (tertiary/aromatic N) is 6. The number of rotatable bonds is 4. The van der Waals surface area contributed by atoms with E-state index < -0.39 is 35.3 Å². The van der Waals surface area contributed by atoms with E-state index in [0.29, 0.717) is 23.2 Å². The van der Waals surface area contributed by atoms with Crippen molar-refractivity contribution in [2.24, 2.45) is 0 Å². The van der Waals surface area contributed by atoms with Gasteiger partial charge in [-0.2, -0.15) is 29.7 Å². The number of nitrogen functional groups attached to an aromatic ring is 4. The Balaban J connectivity index is 0.000000283. The van der Waals surface area contributed by atoms with Gasteiger partial charge in [-0.05, 0) is 30.3 Å². The van der Waals surface area contributed by atoms with Gasteiger partial charge in [0.1, 0.15) is 34.9 Å². The molecule has 0 fully saturated rings. The summed E-state index contributed by atoms with van der Waals surface area (Å²) in [5.41, 5.74) is 21.9. The zero-order chi connectivity index (χ0) is 27.6. The van der Waals surface area contributed by atoms with Crippen molar-refractivity contribution in [1.29, 1.82) is 0 Å². The van der Waals surface area contributed by atoms with E-state index in [2.05, 4.69) is 25.0 Å². The first-order chi connectivity index (χ1) is 18.0. The topological polar surface area (TPSA) is 183 Å². The van der Waals surface area contributed by atoms with E-state index >= 15 is 0 Å². The highest BCUT2D eigenvalue weighted by molar-refractivity contribution is 5.83. The first kappa shape index (κ1) is 25.9. The third-order valence-electron chi connectivity index (χ3n) is 5.07. The van der Waals surface area contributed by atoms with Gasteiger partial charge in [-0.3, -0.25) is 0 Å². The van der Waals surface area contributed by atoms with Crippen LogP contribution in [0.1, 0.15) is 11.3 Å². The normalized spacial score (nSPS) is 10.8. The van der Waals surface area contributed by atoms with Gasteiger partial charge in [0.05, 0.1) is 18.3 Å². The summed E-state index contributed by atoms with van der Waals surface area (Å²) < 4.78 is 61.4. The molecule has 0 saturated carbocycles. The van der Waals surface area contributed by atoms with E-state index in [4.69, 9.17) is 27.7 Å². The van der Waals surface area contributed by atoms with E-state index in [1.807, 2.05) is 0 Å². The molecule has 0 saturated heterocycles. The fourth-order valence-corrected chi connectivity index (χ4v) is 3.45. The fourth-order valence-electron chi connectivity index (χ4n) is 3.45. The SMILES string of the molecule is COc1nc(N)cc(N)n1.Nc1cc(N)nc(-n2nc(Cc3c(F)ccc(F)c3F)c3cc(F)ccc32)n1. The lowest BCUT2D eigenvalue weighted by atomic mass is 10.1. The molecule has 0 aliphatic carbocycles. The highest BCUT2D eigenvalue weighted by atomic mass is 19.2. The number of aromatic nitrogens is 6. The van der Waals surface area contributed by atoms with Crippen molar-refractivity contribution >= 4 is 34.2 Å². The Bertz CT molecular complexity index is 1600. The molecule has 11 nitrogen and oxygen atoms in total. The number of methoxy groups -OCH3 is 1. The minimum absolute atomic E-state index is 0.000504. The highest BCUT2D eigenvalue weighted by Crippen LogP contribution is 2.27. The van der Waals surface area contributed by atoms with Crippen LogP contribution in [0.5, 0.6) is 6.01 Å². The van der Waals surface area contributed by atoms with Gasteiger partial charge in [0, 0.05) is 29.5 Å². The van der Waals surface area contributed by atoms with Gasteiger partial charge in [0.2, 0.25) is 0 Å². The average Bonchev–Trinajstić information content (AvgIpc) is 3.21. The van der Waals surface area contributed by atoms with Gasteiger partial charge in [0.25, 0.3) is 5.95 Å². The molecular weight excluding hydrogens is 508 g/mol. The maximum absolute atomic E-state index is 14.1. The molecule has 3 aromatic heterocycles. The number of halogens is 4. The predicted molar refractivity (Wildman–Crippen MR) is 132 cm³/mol. The van der Waals surface area contributed by atoms with Crippen molar-refractivity contribution in [3.8, 4) is 12.0 Å². The maximum Gasteiger partial charge on any atom is 0.320 e. The quantitative estimate of drug-likeness (QED) is 0.200. The Morgan fingerprint density at radius 2 is 1.34 bits per heavy atom. The molecule has 0 aliphatic rings. The van der Waals surface area contributed by atoms with Crippen molar-refractivity contribution in [2.75, 3.05) is 30.0 Å². The summed E-state index contributed by atoms with van der Waals surface area (Å²) in [5, 5.41) is 4.51. The van der Waals surface area contributed by atoms with Crippen molar-refractivity contribution in [3.63, 3.8) is 0 Å². The number of benzene rings is 2. The lowest BCUT2D eigenvalue weighted by Crippen LogP contribution is -2.08. The van der Waals surface area contributed by atoms with Crippen LogP contribution >= 0.6 is 0 Å². The molecule has 3 heterocycles. The molecule has 196 valence electrons. The zero-order valence-corrected chi connectivity index (χ0v) is 19.7. The summed E-state index contributed by atoms with van der Waals surface area (Å²) in [7, 11) is 1.45. The van der Waals surface area contributed by atoms with Crippen LogP contribution in [0, 0.1) is 23.3 Å². The van der Waals surface area contributed by atoms with Crippen LogP contribution in [0.25, 0.3) is 16.9 Å². The number of hydrogen-bond acceptors (Lipinski definition) is 10. The molecule has 0 radical (unpaired) electrons. The third-order valence-corrected chi connectivity index (χ3v) is 5.07. The van der Waals surface area contributed by atoms with Gasteiger partial charge in [-0.25, -0.2) is 17.6 Å². The van der Waals surface area contributed by atoms with E-state index in [9.17, 15) is 17.6 Å². The molecule has 8 N–H and O–H groups in total. The van der Waals surface area contributed by atoms with E-state index in [-0.39, 0.29) is 34.7 Å². The van der Waals surface area contributed by atoms with Gasteiger partial charge >= 0.3 is 6.01 Å². The molecule has 15 heteroatoms. The van der Waals surface area contributed by atoms with Crippen molar-refractivity contribution in [2.45, 2.75) is 6.42 Å². The summed E-state index contributed by atoms with van der Waals surface area (Å²) in [4.78, 5) is 15.5. The second-order valence-electron chi connectivity index (χ2n) is 7.74. The second-order valence-corrected chi connectivity index (χ2v) is 7.74. The molecule has 0 atom stereocenters. The van der Waals surface area contributed by atoms with Crippen molar-refractivity contribution in [1.82, 2.24) is 29.7 Å². The van der Waals surface area contributed by atoms with Gasteiger partial charge < -0.3 is 27.7 Å². The zero-order valence-electron chi connectivity index (χ0n) is 19.7. The van der Waals surface area contributed by atoms with Crippen molar-refractivity contribution < 1.29 is 22.3 Å². The van der Waals surface area contributed by atoms with Crippen LogP contribution in [-0.4, -0.2) is 36.8 Å². The smallest absolute Gasteiger partial charge is 0.320 e. The van der Waals surface area contributed by atoms with Crippen LogP contribution in [-0.2, 0) is 6.42 Å². The lowest BCUT2D eigenvalue weighted by molar-refractivity contribution is 0.381. The Hall–Kier alpha value is -5.21. The summed E-state index contributed by atoms with van der Waals surface area (Å²) in [5.74, 6) is -3.27. The second kappa shape index (κ2) is 10.4. The van der Waals surface area contributed by atoms with Gasteiger partial charge in [-0.15, -0.1) is 0 Å². The fraction of sp³-hybridized carbons (Fsp3) is 0.0870. The maximum atomic E-state index is 14.1. The molecule has 2 aromatic carbocycles. The Morgan fingerprint density at radius 3 is 1.95 bits per heavy atom. The number of fused-ring (bicyclic) bond motifs is 1. The van der Waals surface area contributed by atoms with E-state index in [1.165, 1.54) is 36.1 Å². The number of anilines is 4. The minimum atomic E-state index is -1.33. The molecule has 5 rings (SSSR count). The van der Waals surface area contributed by atoms with Gasteiger partial charge in [0.15, 0.2) is 11.6 Å². The Kier molecular flexibility index (Phi) is 7.09. The predicted octanol–water partition coefficient (Wildman–Crippen LogP) is 2.78. The lowest BCUT2D eigenvalue weighted by Gasteiger charge is -2.04. The Morgan fingerprint density at radius 1 is 0.763 bits per heavy atom. The van der Waals surface area contributed by atoms with Crippen molar-refractivity contribution in [3.05, 3.63) is 77.0 Å². The monoisotopic (exact) mass is 528 g/mol. The molecule has 0 amide bonds. The van der Waals surface area contributed by atoms with Crippen LogP contribution < -0.4 is 27.7 Å². The summed E-state index contributed by atoms with van der Waals surface area (Å²) >= 11 is 0. The van der Waals surface area contributed by atoms with Gasteiger partial charge in [-0.1, -0.05) is 0 Å². The van der Waals surface area contributed by atoms with Crippen LogP contribution in [0.3, 0.4) is 0 Å².